The van der Waals surface area contributed by atoms with E-state index in [2.05, 4.69) is 27.0 Å². The van der Waals surface area contributed by atoms with E-state index >= 15 is 0 Å². The molecule has 0 saturated heterocycles. The summed E-state index contributed by atoms with van der Waals surface area (Å²) in [5, 5.41) is 0. The first kappa shape index (κ1) is 35.5. The van der Waals surface area contributed by atoms with E-state index < -0.39 is 32.3 Å². The second kappa shape index (κ2) is 21.5. The van der Waals surface area contributed by atoms with Gasteiger partial charge in [0.15, 0.2) is 0 Å². The van der Waals surface area contributed by atoms with Crippen molar-refractivity contribution >= 4 is 19.8 Å². The molecule has 0 aliphatic heterocycles. The topological polar surface area (TPSA) is 108 Å². The third-order valence-electron chi connectivity index (χ3n) is 5.76. The molecule has 0 saturated carbocycles. The van der Waals surface area contributed by atoms with Crippen molar-refractivity contribution < 1.29 is 37.6 Å². The van der Waals surface area contributed by atoms with Crippen LogP contribution >= 0.6 is 7.82 Å². The van der Waals surface area contributed by atoms with Gasteiger partial charge in [0.2, 0.25) is 12.6 Å². The van der Waals surface area contributed by atoms with Gasteiger partial charge >= 0.3 is 19.8 Å². The van der Waals surface area contributed by atoms with Crippen LogP contribution in [0.25, 0.3) is 0 Å². The molecule has 0 aromatic carbocycles. The summed E-state index contributed by atoms with van der Waals surface area (Å²) >= 11 is 0. The van der Waals surface area contributed by atoms with Crippen molar-refractivity contribution in [2.24, 2.45) is 0 Å². The molecule has 0 aliphatic rings. The molecule has 0 aromatic rings. The molecule has 216 valence electrons. The Balaban J connectivity index is 5.03. The number of phosphoric acid groups is 1. The number of carbonyl (C=O) groups is 2. The third kappa shape index (κ3) is 20.2. The highest BCUT2D eigenvalue weighted by molar-refractivity contribution is 7.47. The molecule has 8 nitrogen and oxygen atoms in total. The van der Waals surface area contributed by atoms with Gasteiger partial charge in [-0.2, -0.15) is 0 Å². The van der Waals surface area contributed by atoms with Crippen LogP contribution in [0.1, 0.15) is 130 Å². The van der Waals surface area contributed by atoms with Crippen molar-refractivity contribution in [2.45, 2.75) is 143 Å². The maximum absolute atomic E-state index is 12.8. The lowest BCUT2D eigenvalue weighted by Crippen LogP contribution is -2.25. The average Bonchev–Trinajstić information content (AvgIpc) is 2.81. The summed E-state index contributed by atoms with van der Waals surface area (Å²) in [6.45, 7) is 14.4. The number of ether oxygens (including phenoxy) is 2. The number of hydrogen-bond acceptors (Lipinski definition) is 7. The van der Waals surface area contributed by atoms with Crippen LogP contribution in [-0.2, 0) is 32.7 Å². The van der Waals surface area contributed by atoms with Crippen LogP contribution in [0.3, 0.4) is 0 Å². The van der Waals surface area contributed by atoms with E-state index in [0.29, 0.717) is 12.8 Å². The first-order chi connectivity index (χ1) is 17.5. The SMILES string of the molecule is C=C(C)C(=O)OC(CCCCCCCCC)OP(=O)(O)OC(CCCCCCCCC)OC(=O)C(=C)C. The molecule has 1 N–H and O–H groups in total. The third-order valence-corrected chi connectivity index (χ3v) is 6.77. The molecule has 0 fully saturated rings. The Morgan fingerprint density at radius 1 is 0.649 bits per heavy atom. The van der Waals surface area contributed by atoms with Gasteiger partial charge in [-0.05, 0) is 26.7 Å². The van der Waals surface area contributed by atoms with Crippen LogP contribution in [0.15, 0.2) is 24.3 Å². The van der Waals surface area contributed by atoms with Crippen LogP contribution in [0.5, 0.6) is 0 Å². The van der Waals surface area contributed by atoms with Gasteiger partial charge in [0.1, 0.15) is 0 Å². The van der Waals surface area contributed by atoms with E-state index in [1.165, 1.54) is 52.4 Å². The fraction of sp³-hybridized carbons (Fsp3) is 0.786. The fourth-order valence-corrected chi connectivity index (χ4v) is 4.51. The minimum Gasteiger partial charge on any atom is -0.432 e. The standard InChI is InChI=1S/C28H51O8P/c1-7-9-11-13-15-17-19-21-25(33-27(29)23(3)4)35-37(31,32)36-26(34-28(30)24(5)6)22-20-18-16-14-12-10-8-2/h25-26H,3,5,7-22H2,1-2,4,6H3,(H,31,32). The summed E-state index contributed by atoms with van der Waals surface area (Å²) < 4.78 is 33.8. The Labute approximate surface area is 224 Å². The Kier molecular flexibility index (Phi) is 20.6. The summed E-state index contributed by atoms with van der Waals surface area (Å²) in [7, 11) is -4.73. The zero-order chi connectivity index (χ0) is 28.1. The van der Waals surface area contributed by atoms with Crippen LogP contribution < -0.4 is 0 Å². The van der Waals surface area contributed by atoms with Crippen molar-refractivity contribution in [2.75, 3.05) is 0 Å². The molecular formula is C28H51O8P. The quantitative estimate of drug-likeness (QED) is 0.0423. The van der Waals surface area contributed by atoms with Gasteiger partial charge in [-0.3, -0.25) is 0 Å². The maximum atomic E-state index is 12.8. The number of carbonyl (C=O) groups excluding carboxylic acids is 2. The average molecular weight is 547 g/mol. The highest BCUT2D eigenvalue weighted by Gasteiger charge is 2.33. The van der Waals surface area contributed by atoms with E-state index in [-0.39, 0.29) is 24.0 Å². The molecule has 9 heteroatoms. The lowest BCUT2D eigenvalue weighted by molar-refractivity contribution is -0.170. The van der Waals surface area contributed by atoms with Crippen molar-refractivity contribution in [1.29, 1.82) is 0 Å². The van der Waals surface area contributed by atoms with Crippen LogP contribution in [0.2, 0.25) is 0 Å². The molecule has 37 heavy (non-hydrogen) atoms. The van der Waals surface area contributed by atoms with Gasteiger partial charge in [-0.15, -0.1) is 0 Å². The zero-order valence-corrected chi connectivity index (χ0v) is 24.5. The summed E-state index contributed by atoms with van der Waals surface area (Å²) in [5.74, 6) is -1.44. The van der Waals surface area contributed by atoms with Crippen molar-refractivity contribution in [1.82, 2.24) is 0 Å². The Hall–Kier alpha value is -1.47. The van der Waals surface area contributed by atoms with E-state index in [4.69, 9.17) is 18.5 Å². The Morgan fingerprint density at radius 3 is 1.24 bits per heavy atom. The highest BCUT2D eigenvalue weighted by atomic mass is 31.2. The van der Waals surface area contributed by atoms with Crippen molar-refractivity contribution in [3.63, 3.8) is 0 Å². The molecule has 0 heterocycles. The van der Waals surface area contributed by atoms with Gasteiger partial charge in [0.25, 0.3) is 0 Å². The molecule has 0 bridgehead atoms. The number of esters is 2. The second-order valence-corrected chi connectivity index (χ2v) is 11.1. The van der Waals surface area contributed by atoms with Crippen LogP contribution in [-0.4, -0.2) is 29.4 Å². The fourth-order valence-electron chi connectivity index (χ4n) is 3.56. The van der Waals surface area contributed by atoms with Crippen molar-refractivity contribution in [3.05, 3.63) is 24.3 Å². The number of phosphoric ester groups is 1. The largest absolute Gasteiger partial charge is 0.478 e. The molecule has 0 aromatic heterocycles. The first-order valence-corrected chi connectivity index (χ1v) is 15.4. The molecule has 2 atom stereocenters. The van der Waals surface area contributed by atoms with Gasteiger partial charge in [-0.1, -0.05) is 104 Å². The summed E-state index contributed by atoms with van der Waals surface area (Å²) in [4.78, 5) is 34.6. The summed E-state index contributed by atoms with van der Waals surface area (Å²) in [6.07, 6.45) is 12.3. The zero-order valence-electron chi connectivity index (χ0n) is 23.6. The van der Waals surface area contributed by atoms with Crippen molar-refractivity contribution in [3.8, 4) is 0 Å². The van der Waals surface area contributed by atoms with Gasteiger partial charge in [0, 0.05) is 24.0 Å². The predicted octanol–water partition coefficient (Wildman–Crippen LogP) is 8.29. The number of hydrogen-bond donors (Lipinski definition) is 1. The highest BCUT2D eigenvalue weighted by Crippen LogP contribution is 2.47. The lowest BCUT2D eigenvalue weighted by atomic mass is 10.1. The van der Waals surface area contributed by atoms with Gasteiger partial charge in [-0.25, -0.2) is 23.2 Å². The van der Waals surface area contributed by atoms with Gasteiger partial charge in [0.05, 0.1) is 0 Å². The van der Waals surface area contributed by atoms with E-state index in [0.717, 1.165) is 38.5 Å². The number of unbranched alkanes of at least 4 members (excludes halogenated alkanes) is 12. The second-order valence-electron chi connectivity index (χ2n) is 9.73. The van der Waals surface area contributed by atoms with E-state index in [1.54, 1.807) is 0 Å². The van der Waals surface area contributed by atoms with E-state index in [1.807, 2.05) is 0 Å². The molecular weight excluding hydrogens is 495 g/mol. The van der Waals surface area contributed by atoms with Crippen LogP contribution in [0.4, 0.5) is 0 Å². The minimum atomic E-state index is -4.73. The monoisotopic (exact) mass is 546 g/mol. The van der Waals surface area contributed by atoms with E-state index in [9.17, 15) is 19.0 Å². The smallest absolute Gasteiger partial charge is 0.432 e. The maximum Gasteiger partial charge on any atom is 0.478 e. The first-order valence-electron chi connectivity index (χ1n) is 13.9. The molecule has 0 aliphatic carbocycles. The number of rotatable bonds is 24. The predicted molar refractivity (Wildman–Crippen MR) is 147 cm³/mol. The Bertz CT molecular complexity index is 665. The molecule has 0 rings (SSSR count). The molecule has 2 unspecified atom stereocenters. The lowest BCUT2D eigenvalue weighted by Gasteiger charge is -2.24. The normalized spacial score (nSPS) is 14.4. The van der Waals surface area contributed by atoms with Crippen LogP contribution in [0, 0.1) is 0 Å². The molecule has 0 radical (unpaired) electrons. The molecule has 0 spiro atoms. The minimum absolute atomic E-state index is 0.147. The summed E-state index contributed by atoms with van der Waals surface area (Å²) in [6, 6.07) is 0. The molecule has 0 amide bonds. The van der Waals surface area contributed by atoms with Gasteiger partial charge < -0.3 is 14.4 Å². The Morgan fingerprint density at radius 2 is 0.946 bits per heavy atom. The summed E-state index contributed by atoms with van der Waals surface area (Å²) in [5.41, 5.74) is 0.295.